The van der Waals surface area contributed by atoms with Crippen LogP contribution in [0.5, 0.6) is 0 Å². The minimum absolute atomic E-state index is 0.000203. The topological polar surface area (TPSA) is 101 Å². The summed E-state index contributed by atoms with van der Waals surface area (Å²) in [6.07, 6.45) is 7.77. The Bertz CT molecular complexity index is 845. The number of rotatable bonds is 3. The molecular formula is C30H52O5. The molecule has 35 heavy (non-hydrogen) atoms. The molecule has 5 nitrogen and oxygen atoms in total. The van der Waals surface area contributed by atoms with Crippen molar-refractivity contribution in [2.45, 2.75) is 117 Å². The summed E-state index contributed by atoms with van der Waals surface area (Å²) in [5.41, 5.74) is -1.49. The summed E-state index contributed by atoms with van der Waals surface area (Å²) in [6, 6.07) is 0. The van der Waals surface area contributed by atoms with Crippen molar-refractivity contribution in [3.05, 3.63) is 0 Å². The van der Waals surface area contributed by atoms with E-state index in [1.165, 1.54) is 0 Å². The fourth-order valence-electron chi connectivity index (χ4n) is 12.1. The van der Waals surface area contributed by atoms with Crippen LogP contribution in [0.3, 0.4) is 0 Å². The Kier molecular flexibility index (Phi) is 5.97. The van der Waals surface area contributed by atoms with Crippen LogP contribution in [0.1, 0.15) is 99.3 Å². The summed E-state index contributed by atoms with van der Waals surface area (Å²) in [7, 11) is 0. The van der Waals surface area contributed by atoms with Gasteiger partial charge in [-0.05, 0) is 116 Å². The van der Waals surface area contributed by atoms with E-state index in [0.29, 0.717) is 11.8 Å². The zero-order chi connectivity index (χ0) is 25.8. The highest BCUT2D eigenvalue weighted by Crippen LogP contribution is 2.78. The van der Waals surface area contributed by atoms with Gasteiger partial charge in [-0.15, -0.1) is 0 Å². The van der Waals surface area contributed by atoms with E-state index in [-0.39, 0.29) is 58.7 Å². The third-order valence-corrected chi connectivity index (χ3v) is 14.2. The second-order valence-electron chi connectivity index (χ2n) is 15.3. The van der Waals surface area contributed by atoms with Crippen molar-refractivity contribution in [2.24, 2.45) is 56.7 Å². The molecule has 5 aliphatic carbocycles. The van der Waals surface area contributed by atoms with Crippen molar-refractivity contribution in [3.63, 3.8) is 0 Å². The number of hydrogen-bond donors (Lipinski definition) is 5. The lowest BCUT2D eigenvalue weighted by Crippen LogP contribution is -2.70. The molecule has 0 amide bonds. The van der Waals surface area contributed by atoms with Gasteiger partial charge in [-0.3, -0.25) is 0 Å². The molecule has 0 radical (unpaired) electrons. The average Bonchev–Trinajstić information content (AvgIpc) is 3.15. The van der Waals surface area contributed by atoms with Crippen LogP contribution in [-0.4, -0.2) is 56.6 Å². The minimum atomic E-state index is -1.06. The third-order valence-electron chi connectivity index (χ3n) is 14.2. The van der Waals surface area contributed by atoms with E-state index in [1.807, 2.05) is 0 Å². The second kappa shape index (κ2) is 7.91. The van der Waals surface area contributed by atoms with Crippen LogP contribution in [0, 0.1) is 56.7 Å². The van der Waals surface area contributed by atoms with E-state index in [9.17, 15) is 25.5 Å². The summed E-state index contributed by atoms with van der Waals surface area (Å²) < 4.78 is 0. The largest absolute Gasteiger partial charge is 0.396 e. The van der Waals surface area contributed by atoms with Crippen molar-refractivity contribution >= 4 is 0 Å². The molecule has 0 aromatic rings. The summed E-state index contributed by atoms with van der Waals surface area (Å²) in [6.45, 7) is 13.5. The Hall–Kier alpha value is -0.200. The van der Waals surface area contributed by atoms with Gasteiger partial charge in [-0.2, -0.15) is 0 Å². The Labute approximate surface area is 212 Å². The molecule has 0 unspecified atom stereocenters. The van der Waals surface area contributed by atoms with Crippen molar-refractivity contribution in [3.8, 4) is 0 Å². The van der Waals surface area contributed by atoms with Crippen LogP contribution in [0.25, 0.3) is 0 Å². The molecule has 0 spiro atoms. The first kappa shape index (κ1) is 26.4. The predicted octanol–water partition coefficient (Wildman–Crippen LogP) is 4.14. The molecule has 0 aromatic heterocycles. The zero-order valence-corrected chi connectivity index (χ0v) is 23.1. The highest BCUT2D eigenvalue weighted by Gasteiger charge is 2.73. The van der Waals surface area contributed by atoms with Crippen LogP contribution in [-0.2, 0) is 0 Å². The fourth-order valence-corrected chi connectivity index (χ4v) is 12.1. The Morgan fingerprint density at radius 3 is 2.03 bits per heavy atom. The van der Waals surface area contributed by atoms with E-state index in [4.69, 9.17) is 0 Å². The van der Waals surface area contributed by atoms with Gasteiger partial charge >= 0.3 is 0 Å². The van der Waals surface area contributed by atoms with Crippen LogP contribution in [0.2, 0.25) is 0 Å². The van der Waals surface area contributed by atoms with Gasteiger partial charge in [0.15, 0.2) is 0 Å². The summed E-state index contributed by atoms with van der Waals surface area (Å²) in [5.74, 6) is 1.22. The Morgan fingerprint density at radius 2 is 1.40 bits per heavy atom. The first-order chi connectivity index (χ1) is 16.2. The maximum absolute atomic E-state index is 12.0. The molecule has 5 fully saturated rings. The van der Waals surface area contributed by atoms with Crippen LogP contribution in [0.15, 0.2) is 0 Å². The quantitative estimate of drug-likeness (QED) is 0.408. The first-order valence-electron chi connectivity index (χ1n) is 14.5. The lowest BCUT2D eigenvalue weighted by atomic mass is 9.31. The number of aliphatic hydroxyl groups is 5. The van der Waals surface area contributed by atoms with E-state index in [2.05, 4.69) is 34.6 Å². The van der Waals surface area contributed by atoms with Gasteiger partial charge in [0.2, 0.25) is 0 Å². The molecule has 5 N–H and O–H groups in total. The normalized spacial score (nSPS) is 59.6. The molecule has 0 heterocycles. The van der Waals surface area contributed by atoms with Gasteiger partial charge in [-0.1, -0.05) is 34.6 Å². The van der Waals surface area contributed by atoms with Crippen LogP contribution >= 0.6 is 0 Å². The second-order valence-corrected chi connectivity index (χ2v) is 15.3. The molecule has 0 bridgehead atoms. The molecule has 202 valence electrons. The van der Waals surface area contributed by atoms with E-state index in [1.54, 1.807) is 6.92 Å². The molecule has 5 rings (SSSR count). The van der Waals surface area contributed by atoms with Crippen LogP contribution in [0.4, 0.5) is 0 Å². The highest BCUT2D eigenvalue weighted by molar-refractivity contribution is 5.22. The van der Waals surface area contributed by atoms with Gasteiger partial charge in [0, 0.05) is 5.41 Å². The molecule has 5 aliphatic rings. The maximum Gasteiger partial charge on any atom is 0.0880 e. The number of hydrogen-bond acceptors (Lipinski definition) is 5. The fraction of sp³-hybridized carbons (Fsp3) is 1.00. The molecule has 5 saturated carbocycles. The molecule has 0 aliphatic heterocycles. The Morgan fingerprint density at radius 1 is 0.771 bits per heavy atom. The molecule has 0 aromatic carbocycles. The molecule has 13 atom stereocenters. The summed E-state index contributed by atoms with van der Waals surface area (Å²) >= 11 is 0. The van der Waals surface area contributed by atoms with Crippen molar-refractivity contribution in [1.82, 2.24) is 0 Å². The number of fused-ring (bicyclic) bond motifs is 7. The van der Waals surface area contributed by atoms with Crippen molar-refractivity contribution < 1.29 is 25.5 Å². The lowest BCUT2D eigenvalue weighted by Gasteiger charge is -2.74. The zero-order valence-electron chi connectivity index (χ0n) is 23.1. The monoisotopic (exact) mass is 492 g/mol. The van der Waals surface area contributed by atoms with Gasteiger partial charge in [0.1, 0.15) is 0 Å². The van der Waals surface area contributed by atoms with Gasteiger partial charge < -0.3 is 25.5 Å². The first-order valence-corrected chi connectivity index (χ1v) is 14.5. The van der Waals surface area contributed by atoms with Crippen molar-refractivity contribution in [1.29, 1.82) is 0 Å². The van der Waals surface area contributed by atoms with E-state index < -0.39 is 17.1 Å². The van der Waals surface area contributed by atoms with Gasteiger partial charge in [-0.25, -0.2) is 0 Å². The SMILES string of the molecule is C[C@]12CC[C@H](O)[C@](C)(CO)[C@@H]1CC[C@]1(C)[C@@H]2C[C@@H](O)[C@@H]2[C@@]3(C)CC[C@H]([C@](C)(O)CO)[C@@H]3CC[C@]21C. The van der Waals surface area contributed by atoms with Gasteiger partial charge in [0.25, 0.3) is 0 Å². The minimum Gasteiger partial charge on any atom is -0.396 e. The van der Waals surface area contributed by atoms with Gasteiger partial charge in [0.05, 0.1) is 31.0 Å². The summed E-state index contributed by atoms with van der Waals surface area (Å²) in [4.78, 5) is 0. The highest BCUT2D eigenvalue weighted by atomic mass is 16.3. The predicted molar refractivity (Wildman–Crippen MR) is 136 cm³/mol. The molecular weight excluding hydrogens is 440 g/mol. The molecule has 0 saturated heterocycles. The smallest absolute Gasteiger partial charge is 0.0880 e. The maximum atomic E-state index is 12.0. The Balaban J connectivity index is 1.54. The summed E-state index contributed by atoms with van der Waals surface area (Å²) in [5, 5.41) is 54.4. The van der Waals surface area contributed by atoms with Crippen molar-refractivity contribution in [2.75, 3.05) is 13.2 Å². The van der Waals surface area contributed by atoms with Crippen LogP contribution < -0.4 is 0 Å². The number of aliphatic hydroxyl groups excluding tert-OH is 4. The average molecular weight is 493 g/mol. The van der Waals surface area contributed by atoms with E-state index in [0.717, 1.165) is 57.8 Å². The standard InChI is InChI=1S/C30H52O5/c1-25-11-7-19(30(6,35)17-32)18(25)8-13-29(5)24(25)20(33)15-22-26(2)12-10-23(34)27(3,16-31)21(26)9-14-28(22,29)4/h18-24,31-35H,7-17H2,1-6H3/t18-,19-,20+,21+,22+,23-,24+,25-,26-,27+,28+,29+,30+/m0/s1. The molecule has 5 heteroatoms. The van der Waals surface area contributed by atoms with E-state index >= 15 is 0 Å². The lowest BCUT2D eigenvalue weighted by molar-refractivity contribution is -0.282. The third kappa shape index (κ3) is 3.11.